The summed E-state index contributed by atoms with van der Waals surface area (Å²) in [6.07, 6.45) is 3.18. The van der Waals surface area contributed by atoms with Crippen LogP contribution in [0.1, 0.15) is 33.3 Å². The van der Waals surface area contributed by atoms with Gasteiger partial charge in [0, 0.05) is 22.6 Å². The zero-order valence-corrected chi connectivity index (χ0v) is 19.7. The molecule has 0 spiro atoms. The van der Waals surface area contributed by atoms with E-state index in [0.29, 0.717) is 23.9 Å². The van der Waals surface area contributed by atoms with Crippen LogP contribution >= 0.6 is 0 Å². The Bertz CT molecular complexity index is 1310. The van der Waals surface area contributed by atoms with Gasteiger partial charge in [-0.05, 0) is 74.5 Å². The van der Waals surface area contributed by atoms with Gasteiger partial charge < -0.3 is 18.5 Å². The smallest absolute Gasteiger partial charge is 0.307 e. The molecule has 0 unspecified atom stereocenters. The average molecular weight is 470 g/mol. The first-order valence-electron chi connectivity index (χ1n) is 11.2. The highest BCUT2D eigenvalue weighted by molar-refractivity contribution is 5.92. The number of hydrogen-bond acceptors (Lipinski definition) is 5. The Morgan fingerprint density at radius 3 is 2.49 bits per heavy atom. The van der Waals surface area contributed by atoms with Crippen LogP contribution in [0.4, 0.5) is 0 Å². The number of aryl methyl sites for hydroxylation is 2. The molecule has 2 aromatic carbocycles. The van der Waals surface area contributed by atoms with Crippen LogP contribution in [0.5, 0.6) is 11.5 Å². The minimum absolute atomic E-state index is 0.144. The van der Waals surface area contributed by atoms with Crippen LogP contribution in [0.25, 0.3) is 5.69 Å². The molecular weight excluding hydrogens is 442 g/mol. The molecule has 0 aliphatic rings. The van der Waals surface area contributed by atoms with Gasteiger partial charge in [-0.1, -0.05) is 24.8 Å². The maximum atomic E-state index is 12.4. The standard InChI is InChI=1S/C28H27N3O4/c1-4-17-33-26-8-6-5-7-22(26)18-29-30-28(32)27-16-15-25(35-27)19-34-24-13-11-23(12-14-24)31-20(2)9-10-21(31)3/h4-16,18H,1,17,19H2,2-3H3,(H,30,32). The number of benzene rings is 2. The summed E-state index contributed by atoms with van der Waals surface area (Å²) < 4.78 is 19.2. The molecule has 4 rings (SSSR count). The molecule has 7 heteroatoms. The van der Waals surface area contributed by atoms with E-state index in [1.807, 2.05) is 48.5 Å². The van der Waals surface area contributed by atoms with E-state index in [2.05, 4.69) is 47.7 Å². The van der Waals surface area contributed by atoms with E-state index in [1.54, 1.807) is 18.2 Å². The van der Waals surface area contributed by atoms with Crippen molar-refractivity contribution in [2.75, 3.05) is 6.61 Å². The van der Waals surface area contributed by atoms with Crippen LogP contribution < -0.4 is 14.9 Å². The number of rotatable bonds is 10. The molecule has 2 heterocycles. The van der Waals surface area contributed by atoms with Crippen LogP contribution in [0.3, 0.4) is 0 Å². The number of carbonyl (C=O) groups is 1. The number of amides is 1. The molecule has 0 saturated carbocycles. The fraction of sp³-hybridized carbons (Fsp3) is 0.143. The quantitative estimate of drug-likeness (QED) is 0.186. The summed E-state index contributed by atoms with van der Waals surface area (Å²) in [5, 5.41) is 4.01. The topological polar surface area (TPSA) is 78.0 Å². The molecule has 1 amide bonds. The van der Waals surface area contributed by atoms with Crippen LogP contribution in [0, 0.1) is 13.8 Å². The third kappa shape index (κ3) is 5.89. The van der Waals surface area contributed by atoms with Crippen LogP contribution in [-0.2, 0) is 6.61 Å². The number of aromatic nitrogens is 1. The Kier molecular flexibility index (Phi) is 7.47. The van der Waals surface area contributed by atoms with Gasteiger partial charge in [0.25, 0.3) is 0 Å². The van der Waals surface area contributed by atoms with Crippen molar-refractivity contribution in [2.45, 2.75) is 20.5 Å². The molecule has 2 aromatic heterocycles. The summed E-state index contributed by atoms with van der Waals surface area (Å²) in [5.41, 5.74) is 6.62. The molecule has 0 bridgehead atoms. The largest absolute Gasteiger partial charge is 0.489 e. The second-order valence-electron chi connectivity index (χ2n) is 7.84. The van der Waals surface area contributed by atoms with E-state index in [0.717, 1.165) is 11.3 Å². The monoisotopic (exact) mass is 469 g/mol. The summed E-state index contributed by atoms with van der Waals surface area (Å²) in [6, 6.07) is 22.7. The van der Waals surface area contributed by atoms with Crippen LogP contribution in [0.2, 0.25) is 0 Å². The SMILES string of the molecule is C=CCOc1ccccc1C=NNC(=O)c1ccc(COc2ccc(-n3c(C)ccc3C)cc2)o1. The molecular formula is C28H27N3O4. The molecule has 35 heavy (non-hydrogen) atoms. The molecule has 0 saturated heterocycles. The maximum absolute atomic E-state index is 12.4. The summed E-state index contributed by atoms with van der Waals surface area (Å²) >= 11 is 0. The summed E-state index contributed by atoms with van der Waals surface area (Å²) in [5.74, 6) is 1.57. The van der Waals surface area contributed by atoms with Crippen molar-refractivity contribution >= 4 is 12.1 Å². The number of nitrogens with one attached hydrogen (secondary N) is 1. The number of furan rings is 1. The zero-order chi connectivity index (χ0) is 24.6. The highest BCUT2D eigenvalue weighted by Gasteiger charge is 2.11. The van der Waals surface area contributed by atoms with Gasteiger partial charge in [0.05, 0.1) is 6.21 Å². The molecule has 0 aliphatic carbocycles. The molecule has 4 aromatic rings. The van der Waals surface area contributed by atoms with Crippen molar-refractivity contribution in [1.29, 1.82) is 0 Å². The number of hydrazone groups is 1. The van der Waals surface area contributed by atoms with Gasteiger partial charge in [-0.25, -0.2) is 5.43 Å². The molecule has 7 nitrogen and oxygen atoms in total. The highest BCUT2D eigenvalue weighted by atomic mass is 16.5. The van der Waals surface area contributed by atoms with Gasteiger partial charge in [-0.15, -0.1) is 0 Å². The first kappa shape index (κ1) is 23.6. The number of ether oxygens (including phenoxy) is 2. The van der Waals surface area contributed by atoms with E-state index in [1.165, 1.54) is 17.6 Å². The average Bonchev–Trinajstić information content (AvgIpc) is 3.48. The van der Waals surface area contributed by atoms with E-state index < -0.39 is 5.91 Å². The van der Waals surface area contributed by atoms with Crippen LogP contribution in [0.15, 0.2) is 95.0 Å². The molecule has 1 N–H and O–H groups in total. The predicted octanol–water partition coefficient (Wildman–Crippen LogP) is 5.59. The Morgan fingerprint density at radius 1 is 1.00 bits per heavy atom. The fourth-order valence-electron chi connectivity index (χ4n) is 3.58. The Balaban J connectivity index is 1.31. The van der Waals surface area contributed by atoms with Crippen molar-refractivity contribution in [3.05, 3.63) is 114 Å². The van der Waals surface area contributed by atoms with Gasteiger partial charge in [0.2, 0.25) is 0 Å². The first-order chi connectivity index (χ1) is 17.0. The van der Waals surface area contributed by atoms with Gasteiger partial charge >= 0.3 is 5.91 Å². The summed E-state index contributed by atoms with van der Waals surface area (Å²) in [7, 11) is 0. The van der Waals surface area contributed by atoms with Gasteiger partial charge in [0.15, 0.2) is 5.76 Å². The molecule has 0 radical (unpaired) electrons. The van der Waals surface area contributed by atoms with Crippen molar-refractivity contribution < 1.29 is 18.7 Å². The fourth-order valence-corrected chi connectivity index (χ4v) is 3.58. The summed E-state index contributed by atoms with van der Waals surface area (Å²) in [4.78, 5) is 12.4. The lowest BCUT2D eigenvalue weighted by atomic mass is 10.2. The first-order valence-corrected chi connectivity index (χ1v) is 11.2. The third-order valence-electron chi connectivity index (χ3n) is 5.28. The third-order valence-corrected chi connectivity index (χ3v) is 5.28. The minimum Gasteiger partial charge on any atom is -0.489 e. The van der Waals surface area contributed by atoms with Crippen molar-refractivity contribution in [3.8, 4) is 17.2 Å². The number of carbonyl (C=O) groups excluding carboxylic acids is 1. The Labute approximate surface area is 204 Å². The van der Waals surface area contributed by atoms with Crippen molar-refractivity contribution in [3.63, 3.8) is 0 Å². The molecule has 0 atom stereocenters. The number of nitrogens with zero attached hydrogens (tertiary/aromatic N) is 2. The van der Waals surface area contributed by atoms with E-state index in [9.17, 15) is 4.79 Å². The van der Waals surface area contributed by atoms with Gasteiger partial charge in [0.1, 0.15) is 30.5 Å². The highest BCUT2D eigenvalue weighted by Crippen LogP contribution is 2.21. The van der Waals surface area contributed by atoms with Gasteiger partial charge in [-0.2, -0.15) is 5.10 Å². The Morgan fingerprint density at radius 2 is 1.74 bits per heavy atom. The van der Waals surface area contributed by atoms with E-state index in [4.69, 9.17) is 13.9 Å². The molecule has 178 valence electrons. The maximum Gasteiger partial charge on any atom is 0.307 e. The lowest BCUT2D eigenvalue weighted by Gasteiger charge is -2.10. The molecule has 0 aliphatic heterocycles. The normalized spacial score (nSPS) is 10.9. The minimum atomic E-state index is -0.459. The van der Waals surface area contributed by atoms with Crippen molar-refractivity contribution in [1.82, 2.24) is 9.99 Å². The second-order valence-corrected chi connectivity index (χ2v) is 7.84. The second kappa shape index (κ2) is 11.1. The van der Waals surface area contributed by atoms with Gasteiger partial charge in [-0.3, -0.25) is 4.79 Å². The van der Waals surface area contributed by atoms with Crippen molar-refractivity contribution in [2.24, 2.45) is 5.10 Å². The lowest BCUT2D eigenvalue weighted by Crippen LogP contribution is -2.16. The lowest BCUT2D eigenvalue weighted by molar-refractivity contribution is 0.0923. The van der Waals surface area contributed by atoms with E-state index >= 15 is 0 Å². The van der Waals surface area contributed by atoms with E-state index in [-0.39, 0.29) is 12.4 Å². The predicted molar refractivity (Wildman–Crippen MR) is 135 cm³/mol. The Hall–Kier alpha value is -4.52. The van der Waals surface area contributed by atoms with Crippen LogP contribution in [-0.4, -0.2) is 23.3 Å². The number of para-hydroxylation sites is 1. The number of hydrogen-bond donors (Lipinski definition) is 1. The molecule has 0 fully saturated rings. The summed E-state index contributed by atoms with van der Waals surface area (Å²) in [6.45, 7) is 8.37. The zero-order valence-electron chi connectivity index (χ0n) is 19.7.